The third kappa shape index (κ3) is 3.17. The second kappa shape index (κ2) is 6.35. The molecule has 0 aliphatic heterocycles. The lowest BCUT2D eigenvalue weighted by atomic mass is 10.1. The van der Waals surface area contributed by atoms with Crippen LogP contribution in [0.25, 0.3) is 10.1 Å². The number of thiophene rings is 1. The summed E-state index contributed by atoms with van der Waals surface area (Å²) in [4.78, 5) is 13.9. The zero-order chi connectivity index (χ0) is 14.7. The van der Waals surface area contributed by atoms with Gasteiger partial charge in [0.2, 0.25) is 0 Å². The van der Waals surface area contributed by atoms with Gasteiger partial charge in [0.15, 0.2) is 0 Å². The molecule has 0 saturated carbocycles. The van der Waals surface area contributed by atoms with Gasteiger partial charge < -0.3 is 15.3 Å². The monoisotopic (exact) mass is 292 g/mol. The van der Waals surface area contributed by atoms with Crippen molar-refractivity contribution >= 4 is 27.4 Å². The number of aromatic carboxylic acids is 1. The van der Waals surface area contributed by atoms with Crippen LogP contribution in [0.4, 0.5) is 0 Å². The van der Waals surface area contributed by atoms with Crippen LogP contribution < -0.4 is 5.32 Å². The molecule has 2 N–H and O–H groups in total. The zero-order valence-electron chi connectivity index (χ0n) is 12.0. The fourth-order valence-electron chi connectivity index (χ4n) is 2.04. The van der Waals surface area contributed by atoms with Crippen molar-refractivity contribution in [2.45, 2.75) is 19.5 Å². The summed E-state index contributed by atoms with van der Waals surface area (Å²) in [5.74, 6) is -0.844. The molecule has 1 aromatic carbocycles. The predicted octanol–water partition coefficient (Wildman–Crippen LogP) is 2.64. The number of hydrogen-bond donors (Lipinski definition) is 2. The molecule has 0 aliphatic carbocycles. The molecular formula is C15H20N2O2S. The van der Waals surface area contributed by atoms with Gasteiger partial charge in [-0.05, 0) is 38.0 Å². The molecule has 1 aromatic heterocycles. The lowest BCUT2D eigenvalue weighted by molar-refractivity contribution is 0.0701. The highest BCUT2D eigenvalue weighted by atomic mass is 32.1. The predicted molar refractivity (Wildman–Crippen MR) is 83.6 cm³/mol. The number of rotatable bonds is 6. The molecule has 0 aliphatic rings. The normalized spacial score (nSPS) is 13.0. The number of likely N-dealkylation sites (N-methyl/N-ethyl adjacent to an activating group) is 1. The molecule has 2 rings (SSSR count). The first-order valence-electron chi connectivity index (χ1n) is 6.61. The van der Waals surface area contributed by atoms with E-state index < -0.39 is 5.97 Å². The molecule has 0 fully saturated rings. The number of nitrogens with one attached hydrogen (secondary N) is 1. The van der Waals surface area contributed by atoms with Crippen molar-refractivity contribution in [3.8, 4) is 0 Å². The number of fused-ring (bicyclic) bond motifs is 1. The topological polar surface area (TPSA) is 52.6 Å². The standard InChI is InChI=1S/C15H20N2O2S/c1-10(17(2)3)8-16-9-12-11-6-4-5-7-13(11)20-14(12)15(18)19/h4-7,10,16H,8-9H2,1-3H3,(H,18,19). The Labute approximate surface area is 123 Å². The van der Waals surface area contributed by atoms with Crippen LogP contribution in [0.2, 0.25) is 0 Å². The second-order valence-electron chi connectivity index (χ2n) is 5.15. The number of nitrogens with zero attached hydrogens (tertiary/aromatic N) is 1. The van der Waals surface area contributed by atoms with Gasteiger partial charge in [-0.1, -0.05) is 18.2 Å². The largest absolute Gasteiger partial charge is 0.477 e. The van der Waals surface area contributed by atoms with Crippen LogP contribution in [-0.4, -0.2) is 42.7 Å². The van der Waals surface area contributed by atoms with E-state index in [0.29, 0.717) is 17.5 Å². The summed E-state index contributed by atoms with van der Waals surface area (Å²) in [5, 5.41) is 13.7. The molecule has 5 heteroatoms. The van der Waals surface area contributed by atoms with Crippen LogP contribution in [0.3, 0.4) is 0 Å². The van der Waals surface area contributed by atoms with Gasteiger partial charge in [0.1, 0.15) is 4.88 Å². The van der Waals surface area contributed by atoms with Crippen molar-refractivity contribution in [3.63, 3.8) is 0 Å². The number of carboxylic acid groups (broad SMARTS) is 1. The van der Waals surface area contributed by atoms with Crippen LogP contribution in [0.1, 0.15) is 22.2 Å². The lowest BCUT2D eigenvalue weighted by Gasteiger charge is -2.20. The molecule has 0 spiro atoms. The number of carboxylic acids is 1. The average Bonchev–Trinajstić information content (AvgIpc) is 2.78. The highest BCUT2D eigenvalue weighted by Gasteiger charge is 2.17. The van der Waals surface area contributed by atoms with Crippen molar-refractivity contribution in [2.24, 2.45) is 0 Å². The van der Waals surface area contributed by atoms with E-state index in [1.54, 1.807) is 0 Å². The van der Waals surface area contributed by atoms with Gasteiger partial charge in [-0.3, -0.25) is 0 Å². The Morgan fingerprint density at radius 3 is 2.75 bits per heavy atom. The first kappa shape index (κ1) is 15.0. The van der Waals surface area contributed by atoms with Crippen molar-refractivity contribution in [3.05, 3.63) is 34.7 Å². The first-order valence-corrected chi connectivity index (χ1v) is 7.43. The number of benzene rings is 1. The molecule has 1 atom stereocenters. The smallest absolute Gasteiger partial charge is 0.346 e. The lowest BCUT2D eigenvalue weighted by Crippen LogP contribution is -2.35. The average molecular weight is 292 g/mol. The molecule has 2 aromatic rings. The molecule has 0 saturated heterocycles. The van der Waals surface area contributed by atoms with E-state index in [1.165, 1.54) is 11.3 Å². The Bertz CT molecular complexity index is 607. The number of carbonyl (C=O) groups is 1. The Hall–Kier alpha value is -1.43. The van der Waals surface area contributed by atoms with Crippen LogP contribution in [0.5, 0.6) is 0 Å². The SMILES string of the molecule is CC(CNCc1c(C(=O)O)sc2ccccc12)N(C)C. The summed E-state index contributed by atoms with van der Waals surface area (Å²) in [6.45, 7) is 3.55. The molecule has 108 valence electrons. The third-order valence-electron chi connectivity index (χ3n) is 3.52. The maximum absolute atomic E-state index is 11.4. The zero-order valence-corrected chi connectivity index (χ0v) is 12.8. The van der Waals surface area contributed by atoms with E-state index in [9.17, 15) is 9.90 Å². The maximum atomic E-state index is 11.4. The van der Waals surface area contributed by atoms with Crippen LogP contribution in [0, 0.1) is 0 Å². The van der Waals surface area contributed by atoms with Crippen molar-refractivity contribution in [1.82, 2.24) is 10.2 Å². The Balaban J connectivity index is 2.19. The van der Waals surface area contributed by atoms with E-state index in [-0.39, 0.29) is 0 Å². The number of hydrogen-bond acceptors (Lipinski definition) is 4. The van der Waals surface area contributed by atoms with Gasteiger partial charge >= 0.3 is 5.97 Å². The van der Waals surface area contributed by atoms with Gasteiger partial charge in [0.25, 0.3) is 0 Å². The van der Waals surface area contributed by atoms with E-state index in [0.717, 1.165) is 22.2 Å². The van der Waals surface area contributed by atoms with Crippen molar-refractivity contribution < 1.29 is 9.90 Å². The van der Waals surface area contributed by atoms with E-state index in [4.69, 9.17) is 0 Å². The third-order valence-corrected chi connectivity index (χ3v) is 4.72. The molecule has 1 heterocycles. The molecule has 0 radical (unpaired) electrons. The Morgan fingerprint density at radius 1 is 1.40 bits per heavy atom. The van der Waals surface area contributed by atoms with Gasteiger partial charge in [-0.15, -0.1) is 11.3 Å². The van der Waals surface area contributed by atoms with E-state index in [1.807, 2.05) is 38.4 Å². The minimum Gasteiger partial charge on any atom is -0.477 e. The summed E-state index contributed by atoms with van der Waals surface area (Å²) >= 11 is 1.35. The highest BCUT2D eigenvalue weighted by molar-refractivity contribution is 7.21. The van der Waals surface area contributed by atoms with E-state index in [2.05, 4.69) is 17.1 Å². The van der Waals surface area contributed by atoms with Crippen LogP contribution >= 0.6 is 11.3 Å². The van der Waals surface area contributed by atoms with Gasteiger partial charge in [-0.25, -0.2) is 4.79 Å². The Morgan fingerprint density at radius 2 is 2.10 bits per heavy atom. The van der Waals surface area contributed by atoms with Gasteiger partial charge in [0.05, 0.1) is 0 Å². The molecule has 4 nitrogen and oxygen atoms in total. The quantitative estimate of drug-likeness (QED) is 0.859. The molecule has 20 heavy (non-hydrogen) atoms. The molecule has 1 unspecified atom stereocenters. The first-order chi connectivity index (χ1) is 9.50. The van der Waals surface area contributed by atoms with Crippen LogP contribution in [0.15, 0.2) is 24.3 Å². The van der Waals surface area contributed by atoms with E-state index >= 15 is 0 Å². The summed E-state index contributed by atoms with van der Waals surface area (Å²) < 4.78 is 1.03. The molecule has 0 bridgehead atoms. The minimum absolute atomic E-state index is 0.410. The van der Waals surface area contributed by atoms with Crippen molar-refractivity contribution in [2.75, 3.05) is 20.6 Å². The Kier molecular flexibility index (Phi) is 4.75. The summed E-state index contributed by atoms with van der Waals surface area (Å²) in [5.41, 5.74) is 0.893. The van der Waals surface area contributed by atoms with Gasteiger partial charge in [0, 0.05) is 23.8 Å². The summed E-state index contributed by atoms with van der Waals surface area (Å²) in [7, 11) is 4.07. The second-order valence-corrected chi connectivity index (χ2v) is 6.21. The summed E-state index contributed by atoms with van der Waals surface area (Å²) in [6, 6.07) is 8.26. The minimum atomic E-state index is -0.844. The van der Waals surface area contributed by atoms with Gasteiger partial charge in [-0.2, -0.15) is 0 Å². The molecular weight excluding hydrogens is 272 g/mol. The van der Waals surface area contributed by atoms with Crippen molar-refractivity contribution in [1.29, 1.82) is 0 Å². The fourth-order valence-corrected chi connectivity index (χ4v) is 3.10. The summed E-state index contributed by atoms with van der Waals surface area (Å²) in [6.07, 6.45) is 0. The molecule has 0 amide bonds. The highest BCUT2D eigenvalue weighted by Crippen LogP contribution is 2.31. The fraction of sp³-hybridized carbons (Fsp3) is 0.400. The maximum Gasteiger partial charge on any atom is 0.346 e. The van der Waals surface area contributed by atoms with Crippen LogP contribution in [-0.2, 0) is 6.54 Å².